The minimum atomic E-state index is -3.79. The van der Waals surface area contributed by atoms with Crippen molar-refractivity contribution >= 4 is 33.2 Å². The Labute approximate surface area is 135 Å². The molecule has 1 fully saturated rings. The SMILES string of the molecule is CC1CCCC(O)(CNS(=O)(=O)c2cccc(Cl)c2Cl)C1. The van der Waals surface area contributed by atoms with Gasteiger partial charge < -0.3 is 5.11 Å². The normalized spacial score (nSPS) is 26.8. The van der Waals surface area contributed by atoms with Gasteiger partial charge in [0.25, 0.3) is 0 Å². The summed E-state index contributed by atoms with van der Waals surface area (Å²) in [6, 6.07) is 4.45. The van der Waals surface area contributed by atoms with Crippen LogP contribution in [-0.2, 0) is 10.0 Å². The topological polar surface area (TPSA) is 66.4 Å². The molecule has 0 spiro atoms. The zero-order valence-electron chi connectivity index (χ0n) is 11.8. The Morgan fingerprint density at radius 2 is 2.14 bits per heavy atom. The largest absolute Gasteiger partial charge is 0.389 e. The van der Waals surface area contributed by atoms with E-state index in [1.165, 1.54) is 18.2 Å². The fourth-order valence-electron chi connectivity index (χ4n) is 2.79. The van der Waals surface area contributed by atoms with E-state index in [2.05, 4.69) is 11.6 Å². The van der Waals surface area contributed by atoms with E-state index in [9.17, 15) is 13.5 Å². The molecule has 2 rings (SSSR count). The highest BCUT2D eigenvalue weighted by atomic mass is 35.5. The lowest BCUT2D eigenvalue weighted by molar-refractivity contribution is -0.00751. The third kappa shape index (κ3) is 4.11. The average Bonchev–Trinajstić information content (AvgIpc) is 2.39. The van der Waals surface area contributed by atoms with Crippen molar-refractivity contribution in [1.29, 1.82) is 0 Å². The summed E-state index contributed by atoms with van der Waals surface area (Å²) in [5, 5.41) is 10.7. The van der Waals surface area contributed by atoms with Gasteiger partial charge >= 0.3 is 0 Å². The standard InChI is InChI=1S/C14H19Cl2NO3S/c1-10-4-3-7-14(18,8-10)9-17-21(19,20)12-6-2-5-11(15)13(12)16/h2,5-6,10,17-18H,3-4,7-9H2,1H3. The molecule has 1 aliphatic rings. The third-order valence-electron chi connectivity index (χ3n) is 3.86. The molecular weight excluding hydrogens is 333 g/mol. The van der Waals surface area contributed by atoms with Crippen LogP contribution >= 0.6 is 23.2 Å². The Morgan fingerprint density at radius 3 is 2.81 bits per heavy atom. The van der Waals surface area contributed by atoms with Crippen molar-refractivity contribution in [2.75, 3.05) is 6.54 Å². The molecule has 0 aliphatic heterocycles. The minimum Gasteiger partial charge on any atom is -0.389 e. The number of rotatable bonds is 4. The van der Waals surface area contributed by atoms with Crippen LogP contribution in [0.2, 0.25) is 10.0 Å². The second kappa shape index (κ2) is 6.42. The molecule has 1 aliphatic carbocycles. The van der Waals surface area contributed by atoms with Crippen LogP contribution in [0.3, 0.4) is 0 Å². The van der Waals surface area contributed by atoms with Crippen LogP contribution in [0.5, 0.6) is 0 Å². The minimum absolute atomic E-state index is 0.00401. The van der Waals surface area contributed by atoms with Gasteiger partial charge in [-0.2, -0.15) is 0 Å². The Bertz CT molecular complexity index is 621. The smallest absolute Gasteiger partial charge is 0.242 e. The van der Waals surface area contributed by atoms with Crippen LogP contribution < -0.4 is 4.72 Å². The number of hydrogen-bond acceptors (Lipinski definition) is 3. The van der Waals surface area contributed by atoms with Crippen LogP contribution in [0.4, 0.5) is 0 Å². The molecule has 0 bridgehead atoms. The van der Waals surface area contributed by atoms with E-state index in [0.717, 1.165) is 12.8 Å². The van der Waals surface area contributed by atoms with Gasteiger partial charge in [-0.25, -0.2) is 13.1 Å². The van der Waals surface area contributed by atoms with Crippen LogP contribution in [-0.4, -0.2) is 25.7 Å². The number of aliphatic hydroxyl groups is 1. The molecule has 0 aromatic heterocycles. The summed E-state index contributed by atoms with van der Waals surface area (Å²) < 4.78 is 27.1. The molecule has 21 heavy (non-hydrogen) atoms. The van der Waals surface area contributed by atoms with Gasteiger partial charge in [0.1, 0.15) is 4.90 Å². The quantitative estimate of drug-likeness (QED) is 0.874. The van der Waals surface area contributed by atoms with Gasteiger partial charge in [-0.05, 0) is 30.9 Å². The first-order chi connectivity index (χ1) is 9.73. The first kappa shape index (κ1) is 17.0. The van der Waals surface area contributed by atoms with Crippen molar-refractivity contribution in [1.82, 2.24) is 4.72 Å². The van der Waals surface area contributed by atoms with E-state index in [1.807, 2.05) is 0 Å². The molecule has 118 valence electrons. The number of nitrogens with one attached hydrogen (secondary N) is 1. The lowest BCUT2D eigenvalue weighted by Gasteiger charge is -2.35. The van der Waals surface area contributed by atoms with Crippen molar-refractivity contribution in [3.63, 3.8) is 0 Å². The van der Waals surface area contributed by atoms with Gasteiger partial charge in [0, 0.05) is 6.54 Å². The summed E-state index contributed by atoms with van der Waals surface area (Å²) in [7, 11) is -3.79. The van der Waals surface area contributed by atoms with E-state index < -0.39 is 15.6 Å². The maximum atomic E-state index is 12.3. The number of sulfonamides is 1. The molecule has 1 aromatic rings. The Hall–Kier alpha value is -0.330. The highest BCUT2D eigenvalue weighted by Gasteiger charge is 2.34. The maximum Gasteiger partial charge on any atom is 0.242 e. The monoisotopic (exact) mass is 351 g/mol. The van der Waals surface area contributed by atoms with E-state index >= 15 is 0 Å². The fraction of sp³-hybridized carbons (Fsp3) is 0.571. The van der Waals surface area contributed by atoms with E-state index in [1.54, 1.807) is 0 Å². The predicted molar refractivity (Wildman–Crippen MR) is 84.2 cm³/mol. The van der Waals surface area contributed by atoms with Crippen molar-refractivity contribution in [3.05, 3.63) is 28.2 Å². The second-order valence-corrected chi connectivity index (χ2v) is 8.32. The van der Waals surface area contributed by atoms with Crippen molar-refractivity contribution in [2.45, 2.75) is 43.1 Å². The Kier molecular flexibility index (Phi) is 5.21. The molecule has 1 aromatic carbocycles. The van der Waals surface area contributed by atoms with Gasteiger partial charge in [0.05, 0.1) is 15.6 Å². The summed E-state index contributed by atoms with van der Waals surface area (Å²) in [6.07, 6.45) is 3.16. The predicted octanol–water partition coefficient (Wildman–Crippen LogP) is 3.21. The molecule has 0 saturated heterocycles. The third-order valence-corrected chi connectivity index (χ3v) is 6.24. The van der Waals surface area contributed by atoms with Gasteiger partial charge in [-0.3, -0.25) is 0 Å². The van der Waals surface area contributed by atoms with Crippen LogP contribution in [0.25, 0.3) is 0 Å². The molecule has 1 saturated carbocycles. The van der Waals surface area contributed by atoms with Crippen molar-refractivity contribution < 1.29 is 13.5 Å². The van der Waals surface area contributed by atoms with Crippen molar-refractivity contribution in [2.24, 2.45) is 5.92 Å². The van der Waals surface area contributed by atoms with E-state index in [4.69, 9.17) is 23.2 Å². The molecule has 0 heterocycles. The number of benzene rings is 1. The lowest BCUT2D eigenvalue weighted by atomic mass is 9.79. The summed E-state index contributed by atoms with van der Waals surface area (Å²) in [6.45, 7) is 2.05. The number of halogens is 2. The van der Waals surface area contributed by atoms with Gasteiger partial charge in [-0.1, -0.05) is 49.0 Å². The first-order valence-electron chi connectivity index (χ1n) is 6.90. The fourth-order valence-corrected chi connectivity index (χ4v) is 4.67. The van der Waals surface area contributed by atoms with Gasteiger partial charge in [0.2, 0.25) is 10.0 Å². The van der Waals surface area contributed by atoms with Crippen LogP contribution in [0.1, 0.15) is 32.6 Å². The highest BCUT2D eigenvalue weighted by Crippen LogP contribution is 2.33. The summed E-state index contributed by atoms with van der Waals surface area (Å²) in [5.41, 5.74) is -0.990. The van der Waals surface area contributed by atoms with Gasteiger partial charge in [0.15, 0.2) is 0 Å². The van der Waals surface area contributed by atoms with E-state index in [0.29, 0.717) is 18.8 Å². The zero-order chi connectivity index (χ0) is 15.7. The second-order valence-electron chi connectivity index (χ2n) is 5.80. The Balaban J connectivity index is 2.13. The highest BCUT2D eigenvalue weighted by molar-refractivity contribution is 7.89. The Morgan fingerprint density at radius 1 is 1.43 bits per heavy atom. The lowest BCUT2D eigenvalue weighted by Crippen LogP contribution is -2.45. The average molecular weight is 352 g/mol. The van der Waals surface area contributed by atoms with Crippen LogP contribution in [0.15, 0.2) is 23.1 Å². The maximum absolute atomic E-state index is 12.3. The first-order valence-corrected chi connectivity index (χ1v) is 9.13. The molecule has 0 amide bonds. The zero-order valence-corrected chi connectivity index (χ0v) is 14.1. The van der Waals surface area contributed by atoms with Crippen LogP contribution in [0, 0.1) is 5.92 Å². The van der Waals surface area contributed by atoms with Crippen molar-refractivity contribution in [3.8, 4) is 0 Å². The summed E-state index contributed by atoms with van der Waals surface area (Å²) in [5.74, 6) is 0.392. The van der Waals surface area contributed by atoms with E-state index in [-0.39, 0.29) is 21.5 Å². The molecule has 7 heteroatoms. The summed E-state index contributed by atoms with van der Waals surface area (Å²) in [4.78, 5) is -0.0656. The van der Waals surface area contributed by atoms with Gasteiger partial charge in [-0.15, -0.1) is 0 Å². The molecule has 0 radical (unpaired) electrons. The molecule has 4 nitrogen and oxygen atoms in total. The molecule has 2 unspecified atom stereocenters. The molecular formula is C14H19Cl2NO3S. The molecule has 2 N–H and O–H groups in total. The molecule has 2 atom stereocenters. The summed E-state index contributed by atoms with van der Waals surface area (Å²) >= 11 is 11.8. The number of hydrogen-bond donors (Lipinski definition) is 2.